The van der Waals surface area contributed by atoms with Gasteiger partial charge in [0.2, 0.25) is 23.3 Å². The molecule has 3 aromatic rings. The molecule has 10 heteroatoms. The zero-order valence-corrected chi connectivity index (χ0v) is 18.5. The summed E-state index contributed by atoms with van der Waals surface area (Å²) in [4.78, 5) is 48.3. The first kappa shape index (κ1) is 22.0. The van der Waals surface area contributed by atoms with Crippen LogP contribution in [-0.2, 0) is 14.3 Å². The highest BCUT2D eigenvalue weighted by Gasteiger charge is 2.34. The molecule has 0 radical (unpaired) electrons. The first-order valence-corrected chi connectivity index (χ1v) is 11.4. The minimum absolute atomic E-state index is 0.00791. The molecule has 2 N–H and O–H groups in total. The summed E-state index contributed by atoms with van der Waals surface area (Å²) in [5.41, 5.74) is 1.14. The number of nitrogens with zero attached hydrogens (tertiary/aromatic N) is 3. The van der Waals surface area contributed by atoms with E-state index in [0.717, 1.165) is 12.8 Å². The van der Waals surface area contributed by atoms with Crippen molar-refractivity contribution in [2.75, 3.05) is 30.4 Å². The van der Waals surface area contributed by atoms with Gasteiger partial charge in [0.15, 0.2) is 0 Å². The van der Waals surface area contributed by atoms with Gasteiger partial charge < -0.3 is 24.7 Å². The predicted molar refractivity (Wildman–Crippen MR) is 123 cm³/mol. The lowest BCUT2D eigenvalue weighted by Crippen LogP contribution is -2.49. The molecule has 0 atom stereocenters. The first-order valence-electron chi connectivity index (χ1n) is 11.4. The van der Waals surface area contributed by atoms with Gasteiger partial charge in [0, 0.05) is 42.8 Å². The third kappa shape index (κ3) is 4.49. The minimum Gasteiger partial charge on any atom is -0.430 e. The van der Waals surface area contributed by atoms with Crippen LogP contribution in [0.3, 0.4) is 0 Å². The van der Waals surface area contributed by atoms with Crippen molar-refractivity contribution in [1.82, 2.24) is 14.9 Å². The standard InChI is InChI=1S/C24H25N5O5/c30-19-14-33-13-12-29(19)17-5-3-15(4-6-17)22(31)28-20-18-2-1-9-26-24(18)34-21(20)23(32)27-16-7-10-25-11-8-16/h1-2,7-11,15,17H,3-6,12-14H2,(H,28,31)(H,25,27,32)/t15-,17-. The molecular formula is C24H25N5O5. The van der Waals surface area contributed by atoms with Crippen LogP contribution in [-0.4, -0.2) is 58.4 Å². The molecule has 4 heterocycles. The van der Waals surface area contributed by atoms with Crippen molar-refractivity contribution in [3.05, 3.63) is 48.6 Å². The molecular weight excluding hydrogens is 438 g/mol. The largest absolute Gasteiger partial charge is 0.430 e. The topological polar surface area (TPSA) is 127 Å². The first-order chi connectivity index (χ1) is 16.6. The Hall–Kier alpha value is -3.79. The van der Waals surface area contributed by atoms with Gasteiger partial charge in [0.25, 0.3) is 5.91 Å². The molecule has 0 unspecified atom stereocenters. The maximum Gasteiger partial charge on any atom is 0.293 e. The lowest BCUT2D eigenvalue weighted by Gasteiger charge is -2.38. The zero-order chi connectivity index (χ0) is 23.5. The Bertz CT molecular complexity index is 1200. The molecule has 0 spiro atoms. The normalized spacial score (nSPS) is 20.8. The monoisotopic (exact) mass is 463 g/mol. The number of fused-ring (bicyclic) bond motifs is 1. The van der Waals surface area contributed by atoms with Crippen LogP contribution in [0.2, 0.25) is 0 Å². The number of hydrogen-bond acceptors (Lipinski definition) is 7. The molecule has 176 valence electrons. The van der Waals surface area contributed by atoms with E-state index in [-0.39, 0.29) is 41.9 Å². The molecule has 5 rings (SSSR count). The summed E-state index contributed by atoms with van der Waals surface area (Å²) in [5.74, 6) is -0.872. The summed E-state index contributed by atoms with van der Waals surface area (Å²) in [6.45, 7) is 1.29. The summed E-state index contributed by atoms with van der Waals surface area (Å²) < 4.78 is 10.9. The molecule has 3 amide bonds. The van der Waals surface area contributed by atoms with Crippen LogP contribution in [0.15, 0.2) is 47.3 Å². The summed E-state index contributed by atoms with van der Waals surface area (Å²) >= 11 is 0. The average molecular weight is 463 g/mol. The van der Waals surface area contributed by atoms with Crippen molar-refractivity contribution < 1.29 is 23.5 Å². The van der Waals surface area contributed by atoms with Gasteiger partial charge in [-0.15, -0.1) is 0 Å². The van der Waals surface area contributed by atoms with E-state index in [0.29, 0.717) is 42.8 Å². The van der Waals surface area contributed by atoms with Gasteiger partial charge in [0.05, 0.1) is 12.0 Å². The molecule has 1 saturated heterocycles. The molecule has 1 aliphatic heterocycles. The number of amides is 3. The molecule has 3 aromatic heterocycles. The van der Waals surface area contributed by atoms with E-state index >= 15 is 0 Å². The summed E-state index contributed by atoms with van der Waals surface area (Å²) in [7, 11) is 0. The van der Waals surface area contributed by atoms with Crippen molar-refractivity contribution in [3.8, 4) is 0 Å². The van der Waals surface area contributed by atoms with Gasteiger partial charge >= 0.3 is 0 Å². The van der Waals surface area contributed by atoms with E-state index in [1.807, 2.05) is 4.90 Å². The third-order valence-electron chi connectivity index (χ3n) is 6.39. The Morgan fingerprint density at radius 1 is 1.03 bits per heavy atom. The van der Waals surface area contributed by atoms with Gasteiger partial charge in [0.1, 0.15) is 12.3 Å². The van der Waals surface area contributed by atoms with E-state index in [1.165, 1.54) is 0 Å². The van der Waals surface area contributed by atoms with Crippen LogP contribution in [0.5, 0.6) is 0 Å². The minimum atomic E-state index is -0.492. The molecule has 2 fully saturated rings. The number of carbonyl (C=O) groups is 3. The molecule has 34 heavy (non-hydrogen) atoms. The smallest absolute Gasteiger partial charge is 0.293 e. The van der Waals surface area contributed by atoms with Crippen molar-refractivity contribution in [2.45, 2.75) is 31.7 Å². The van der Waals surface area contributed by atoms with Crippen LogP contribution in [0.4, 0.5) is 11.4 Å². The van der Waals surface area contributed by atoms with Crippen molar-refractivity contribution in [3.63, 3.8) is 0 Å². The fraction of sp³-hybridized carbons (Fsp3) is 0.375. The number of furan rings is 1. The Morgan fingerprint density at radius 3 is 2.59 bits per heavy atom. The van der Waals surface area contributed by atoms with Crippen LogP contribution < -0.4 is 10.6 Å². The highest BCUT2D eigenvalue weighted by atomic mass is 16.5. The number of anilines is 2. The van der Waals surface area contributed by atoms with Crippen LogP contribution in [0.25, 0.3) is 11.1 Å². The second-order valence-electron chi connectivity index (χ2n) is 8.49. The van der Waals surface area contributed by atoms with Crippen LogP contribution in [0, 0.1) is 5.92 Å². The Balaban J connectivity index is 1.30. The fourth-order valence-corrected chi connectivity index (χ4v) is 4.63. The highest BCUT2D eigenvalue weighted by molar-refractivity contribution is 6.14. The number of morpholine rings is 1. The van der Waals surface area contributed by atoms with Gasteiger partial charge in [-0.05, 0) is 49.9 Å². The molecule has 0 aromatic carbocycles. The number of rotatable bonds is 5. The second-order valence-corrected chi connectivity index (χ2v) is 8.49. The highest BCUT2D eigenvalue weighted by Crippen LogP contribution is 2.33. The molecule has 0 bridgehead atoms. The van der Waals surface area contributed by atoms with Gasteiger partial charge in [-0.25, -0.2) is 4.98 Å². The summed E-state index contributed by atoms with van der Waals surface area (Å²) in [5, 5.41) is 6.24. The van der Waals surface area contributed by atoms with Crippen molar-refractivity contribution in [2.24, 2.45) is 5.92 Å². The zero-order valence-electron chi connectivity index (χ0n) is 18.5. The molecule has 1 saturated carbocycles. The number of aromatic nitrogens is 2. The number of ether oxygens (including phenoxy) is 1. The summed E-state index contributed by atoms with van der Waals surface area (Å²) in [6.07, 6.45) is 7.54. The maximum absolute atomic E-state index is 13.2. The maximum atomic E-state index is 13.2. The van der Waals surface area contributed by atoms with Gasteiger partial charge in [-0.3, -0.25) is 19.4 Å². The lowest BCUT2D eigenvalue weighted by atomic mass is 9.84. The van der Waals surface area contributed by atoms with Gasteiger partial charge in [-0.2, -0.15) is 0 Å². The Labute approximate surface area is 195 Å². The lowest BCUT2D eigenvalue weighted by molar-refractivity contribution is -0.146. The molecule has 10 nitrogen and oxygen atoms in total. The average Bonchev–Trinajstić information content (AvgIpc) is 3.23. The van der Waals surface area contributed by atoms with Crippen LogP contribution in [0.1, 0.15) is 36.2 Å². The summed E-state index contributed by atoms with van der Waals surface area (Å²) in [6, 6.07) is 6.94. The Morgan fingerprint density at radius 2 is 1.82 bits per heavy atom. The SMILES string of the molecule is O=C(Nc1ccncc1)c1oc2ncccc2c1NC(=O)[C@H]1CC[C@H](N2CCOCC2=O)CC1. The number of hydrogen-bond donors (Lipinski definition) is 2. The Kier molecular flexibility index (Phi) is 6.22. The number of carbonyl (C=O) groups excluding carboxylic acids is 3. The van der Waals surface area contributed by atoms with E-state index in [4.69, 9.17) is 9.15 Å². The predicted octanol–water partition coefficient (Wildman–Crippen LogP) is 2.83. The van der Waals surface area contributed by atoms with Crippen LogP contribution >= 0.6 is 0 Å². The molecule has 2 aliphatic rings. The quantitative estimate of drug-likeness (QED) is 0.596. The van der Waals surface area contributed by atoms with Crippen molar-refractivity contribution >= 4 is 40.2 Å². The van der Waals surface area contributed by atoms with Gasteiger partial charge in [-0.1, -0.05) is 0 Å². The van der Waals surface area contributed by atoms with Crippen molar-refractivity contribution in [1.29, 1.82) is 0 Å². The molecule has 1 aliphatic carbocycles. The fourth-order valence-electron chi connectivity index (χ4n) is 4.63. The van der Waals surface area contributed by atoms with E-state index < -0.39 is 5.91 Å². The number of nitrogens with one attached hydrogen (secondary N) is 2. The van der Waals surface area contributed by atoms with E-state index in [2.05, 4.69) is 20.6 Å². The third-order valence-corrected chi connectivity index (χ3v) is 6.39. The number of pyridine rings is 2. The van der Waals surface area contributed by atoms with E-state index in [9.17, 15) is 14.4 Å². The van der Waals surface area contributed by atoms with E-state index in [1.54, 1.807) is 42.9 Å². The second kappa shape index (κ2) is 9.60.